The number of aliphatic carboxylic acids is 1. The molecule has 0 aliphatic heterocycles. The highest BCUT2D eigenvalue weighted by Gasteiger charge is 2.53. The molecule has 0 spiro atoms. The summed E-state index contributed by atoms with van der Waals surface area (Å²) < 4.78 is 0. The van der Waals surface area contributed by atoms with E-state index in [0.717, 1.165) is 12.5 Å². The highest BCUT2D eigenvalue weighted by Crippen LogP contribution is 2.60. The molecule has 3 N–H and O–H groups in total. The van der Waals surface area contributed by atoms with Gasteiger partial charge in [0.15, 0.2) is 0 Å². The third-order valence-electron chi connectivity index (χ3n) is 4.43. The first kappa shape index (κ1) is 13.2. The van der Waals surface area contributed by atoms with Gasteiger partial charge < -0.3 is 15.7 Å². The molecule has 0 aromatic rings. The Morgan fingerprint density at radius 3 is 2.39 bits per heavy atom. The fraction of sp³-hybridized carbons (Fsp3) is 0.846. The molecule has 2 aliphatic rings. The zero-order valence-electron chi connectivity index (χ0n) is 11.0. The van der Waals surface area contributed by atoms with Crippen molar-refractivity contribution in [1.82, 2.24) is 10.6 Å². The molecule has 2 aliphatic carbocycles. The van der Waals surface area contributed by atoms with Gasteiger partial charge in [0, 0.05) is 12.6 Å². The lowest BCUT2D eigenvalue weighted by atomic mass is 10.0. The predicted molar refractivity (Wildman–Crippen MR) is 67.2 cm³/mol. The average molecular weight is 254 g/mol. The van der Waals surface area contributed by atoms with Crippen molar-refractivity contribution in [2.24, 2.45) is 17.3 Å². The first-order valence-corrected chi connectivity index (χ1v) is 6.72. The minimum atomic E-state index is -0.889. The number of carboxylic acid groups (broad SMARTS) is 1. The summed E-state index contributed by atoms with van der Waals surface area (Å²) in [7, 11) is 0. The van der Waals surface area contributed by atoms with E-state index in [1.54, 1.807) is 13.8 Å². The van der Waals surface area contributed by atoms with Crippen molar-refractivity contribution in [3.8, 4) is 0 Å². The third-order valence-corrected chi connectivity index (χ3v) is 4.43. The molecule has 0 heterocycles. The van der Waals surface area contributed by atoms with Crippen LogP contribution < -0.4 is 10.6 Å². The Morgan fingerprint density at radius 2 is 1.94 bits per heavy atom. The highest BCUT2D eigenvalue weighted by molar-refractivity contribution is 5.76. The fourth-order valence-electron chi connectivity index (χ4n) is 2.44. The number of carbonyl (C=O) groups excluding carboxylic acids is 1. The Morgan fingerprint density at radius 1 is 1.33 bits per heavy atom. The molecule has 2 rings (SSSR count). The van der Waals surface area contributed by atoms with Crippen LogP contribution in [0.3, 0.4) is 0 Å². The molecule has 2 amide bonds. The van der Waals surface area contributed by atoms with Gasteiger partial charge in [-0.1, -0.05) is 0 Å². The zero-order valence-corrected chi connectivity index (χ0v) is 11.0. The lowest BCUT2D eigenvalue weighted by Gasteiger charge is -2.20. The van der Waals surface area contributed by atoms with Gasteiger partial charge >= 0.3 is 12.0 Å². The molecule has 2 fully saturated rings. The van der Waals surface area contributed by atoms with E-state index >= 15 is 0 Å². The van der Waals surface area contributed by atoms with Crippen molar-refractivity contribution in [3.05, 3.63) is 0 Å². The third kappa shape index (κ3) is 2.94. The van der Waals surface area contributed by atoms with Crippen molar-refractivity contribution >= 4 is 12.0 Å². The van der Waals surface area contributed by atoms with Crippen LogP contribution in [0.4, 0.5) is 4.79 Å². The van der Waals surface area contributed by atoms with E-state index in [-0.39, 0.29) is 12.1 Å². The minimum absolute atomic E-state index is 0.248. The number of carbonyl (C=O) groups is 2. The lowest BCUT2D eigenvalue weighted by molar-refractivity contribution is -0.141. The van der Waals surface area contributed by atoms with E-state index in [1.807, 2.05) is 0 Å². The Balaban J connectivity index is 1.70. The Bertz CT molecular complexity index is 348. The Labute approximate surface area is 107 Å². The van der Waals surface area contributed by atoms with E-state index < -0.39 is 11.9 Å². The van der Waals surface area contributed by atoms with E-state index in [4.69, 9.17) is 5.11 Å². The number of urea groups is 1. The van der Waals surface area contributed by atoms with Gasteiger partial charge in [0.1, 0.15) is 0 Å². The van der Waals surface area contributed by atoms with Gasteiger partial charge in [0.25, 0.3) is 0 Å². The zero-order chi connectivity index (χ0) is 13.3. The number of nitrogens with one attached hydrogen (secondary N) is 2. The summed E-state index contributed by atoms with van der Waals surface area (Å²) in [5.41, 5.74) is 0.374. The van der Waals surface area contributed by atoms with Crippen LogP contribution >= 0.6 is 0 Å². The first-order chi connectivity index (χ1) is 8.44. The number of hydrogen-bond acceptors (Lipinski definition) is 2. The molecule has 2 atom stereocenters. The van der Waals surface area contributed by atoms with E-state index in [1.165, 1.54) is 25.7 Å². The molecule has 2 saturated carbocycles. The summed E-state index contributed by atoms with van der Waals surface area (Å²) in [6.45, 7) is 4.05. The molecule has 2 unspecified atom stereocenters. The van der Waals surface area contributed by atoms with Crippen LogP contribution in [0.1, 0.15) is 39.5 Å². The van der Waals surface area contributed by atoms with Crippen molar-refractivity contribution < 1.29 is 14.7 Å². The largest absolute Gasteiger partial charge is 0.481 e. The van der Waals surface area contributed by atoms with Crippen molar-refractivity contribution in [1.29, 1.82) is 0 Å². The van der Waals surface area contributed by atoms with E-state index in [9.17, 15) is 9.59 Å². The number of rotatable bonds is 6. The number of hydrogen-bond donors (Lipinski definition) is 3. The van der Waals surface area contributed by atoms with E-state index in [2.05, 4.69) is 10.6 Å². The van der Waals surface area contributed by atoms with Crippen LogP contribution in [0, 0.1) is 17.3 Å². The summed E-state index contributed by atoms with van der Waals surface area (Å²) in [5, 5.41) is 14.4. The van der Waals surface area contributed by atoms with Gasteiger partial charge in [-0.05, 0) is 50.9 Å². The highest BCUT2D eigenvalue weighted by atomic mass is 16.4. The average Bonchev–Trinajstić information content (AvgIpc) is 3.15. The van der Waals surface area contributed by atoms with Crippen LogP contribution in [-0.4, -0.2) is 29.7 Å². The summed E-state index contributed by atoms with van der Waals surface area (Å²) in [6, 6.07) is -0.610. The molecule has 5 nitrogen and oxygen atoms in total. The van der Waals surface area contributed by atoms with Gasteiger partial charge in [0.05, 0.1) is 5.92 Å². The maximum Gasteiger partial charge on any atom is 0.315 e. The summed E-state index contributed by atoms with van der Waals surface area (Å²) >= 11 is 0. The maximum atomic E-state index is 11.7. The minimum Gasteiger partial charge on any atom is -0.481 e. The van der Waals surface area contributed by atoms with Crippen molar-refractivity contribution in [2.75, 3.05) is 6.54 Å². The van der Waals surface area contributed by atoms with Gasteiger partial charge in [-0.2, -0.15) is 0 Å². The van der Waals surface area contributed by atoms with Gasteiger partial charge in [0.2, 0.25) is 0 Å². The number of amides is 2. The molecular formula is C13H22N2O3. The molecule has 0 radical (unpaired) electrons. The van der Waals surface area contributed by atoms with Crippen LogP contribution in [0.5, 0.6) is 0 Å². The molecule has 5 heteroatoms. The molecule has 0 aromatic carbocycles. The van der Waals surface area contributed by atoms with Crippen LogP contribution in [-0.2, 0) is 4.79 Å². The predicted octanol–water partition coefficient (Wildman–Crippen LogP) is 1.58. The van der Waals surface area contributed by atoms with Crippen LogP contribution in [0.15, 0.2) is 0 Å². The van der Waals surface area contributed by atoms with Crippen LogP contribution in [0.25, 0.3) is 0 Å². The second-order valence-electron chi connectivity index (χ2n) is 5.88. The van der Waals surface area contributed by atoms with Gasteiger partial charge in [-0.25, -0.2) is 4.79 Å². The molecular weight excluding hydrogens is 232 g/mol. The Kier molecular flexibility index (Phi) is 3.50. The summed E-state index contributed by atoms with van der Waals surface area (Å²) in [4.78, 5) is 22.5. The van der Waals surface area contributed by atoms with Gasteiger partial charge in [-0.3, -0.25) is 4.79 Å². The molecule has 0 saturated heterocycles. The van der Waals surface area contributed by atoms with Crippen molar-refractivity contribution in [2.45, 2.75) is 45.6 Å². The number of carboxylic acids is 1. The fourth-order valence-corrected chi connectivity index (χ4v) is 2.44. The first-order valence-electron chi connectivity index (χ1n) is 6.72. The SMILES string of the molecule is CC(NC(=O)NCC1(C2CC2)CC1)C(C)C(=O)O. The smallest absolute Gasteiger partial charge is 0.315 e. The van der Waals surface area contributed by atoms with Crippen LogP contribution in [0.2, 0.25) is 0 Å². The molecule has 102 valence electrons. The van der Waals surface area contributed by atoms with Crippen molar-refractivity contribution in [3.63, 3.8) is 0 Å². The molecule has 0 bridgehead atoms. The summed E-state index contributed by atoms with van der Waals surface area (Å²) in [5.74, 6) is -0.651. The molecule has 18 heavy (non-hydrogen) atoms. The van der Waals surface area contributed by atoms with Gasteiger partial charge in [-0.15, -0.1) is 0 Å². The lowest BCUT2D eigenvalue weighted by Crippen LogP contribution is -2.46. The maximum absolute atomic E-state index is 11.7. The second-order valence-corrected chi connectivity index (χ2v) is 5.88. The standard InChI is InChI=1S/C13H22N2O3/c1-8(11(16)17)9(2)15-12(18)14-7-13(5-6-13)10-3-4-10/h8-10H,3-7H2,1-2H3,(H,16,17)(H2,14,15,18). The normalized spacial score (nSPS) is 23.9. The topological polar surface area (TPSA) is 78.4 Å². The van der Waals surface area contributed by atoms with E-state index in [0.29, 0.717) is 5.41 Å². The molecule has 0 aromatic heterocycles. The Hall–Kier alpha value is -1.26. The summed E-state index contributed by atoms with van der Waals surface area (Å²) in [6.07, 6.45) is 5.05. The monoisotopic (exact) mass is 254 g/mol. The second kappa shape index (κ2) is 4.78. The quantitative estimate of drug-likeness (QED) is 0.673.